The number of carbonyl (C=O) groups excluding carboxylic acids is 1. The van der Waals surface area contributed by atoms with Crippen LogP contribution in [0.5, 0.6) is 0 Å². The Bertz CT molecular complexity index is 966. The summed E-state index contributed by atoms with van der Waals surface area (Å²) in [7, 11) is -5.24. The topological polar surface area (TPSA) is 186 Å². The van der Waals surface area contributed by atoms with Gasteiger partial charge in [-0.05, 0) is 6.42 Å². The quantitative estimate of drug-likeness (QED) is 0.196. The molecule has 12 nitrogen and oxygen atoms in total. The Morgan fingerprint density at radius 2 is 2.13 bits per heavy atom. The van der Waals surface area contributed by atoms with Crippen LogP contribution in [-0.2, 0) is 18.6 Å². The van der Waals surface area contributed by atoms with Crippen LogP contribution in [0.25, 0.3) is 0 Å². The van der Waals surface area contributed by atoms with Gasteiger partial charge < -0.3 is 34.0 Å². The number of rotatable bonds is 7. The van der Waals surface area contributed by atoms with E-state index < -0.39 is 44.1 Å². The number of hydrogen-bond acceptors (Lipinski definition) is 9. The van der Waals surface area contributed by atoms with Gasteiger partial charge in [-0.1, -0.05) is 18.8 Å². The zero-order valence-electron chi connectivity index (χ0n) is 17.5. The van der Waals surface area contributed by atoms with Crippen molar-refractivity contribution >= 4 is 13.7 Å². The second-order valence-electron chi connectivity index (χ2n) is 6.21. The number of phosphoric acid groups is 1. The molecule has 0 radical (unpaired) electrons. The fourth-order valence-electron chi connectivity index (χ4n) is 2.59. The average Bonchev–Trinajstić information content (AvgIpc) is 2.98. The molecule has 1 amide bonds. The van der Waals surface area contributed by atoms with Gasteiger partial charge in [0.2, 0.25) is 5.91 Å². The summed E-state index contributed by atoms with van der Waals surface area (Å²) in [6, 6.07) is 0. The number of phosphoric ester groups is 1. The number of nitrogens with one attached hydrogen (secondary N) is 2. The molecule has 0 spiro atoms. The van der Waals surface area contributed by atoms with Gasteiger partial charge in [0.05, 0.1) is 27.1 Å². The molecular weight excluding hydrogens is 455 g/mol. The van der Waals surface area contributed by atoms with E-state index in [0.29, 0.717) is 12.8 Å². The van der Waals surface area contributed by atoms with E-state index in [9.17, 15) is 33.8 Å². The van der Waals surface area contributed by atoms with Crippen molar-refractivity contribution in [3.63, 3.8) is 0 Å². The molecule has 31 heavy (non-hydrogen) atoms. The summed E-state index contributed by atoms with van der Waals surface area (Å²) in [5, 5.41) is 12.5. The third-order valence-corrected chi connectivity index (χ3v) is 4.42. The third-order valence-electron chi connectivity index (χ3n) is 3.95. The van der Waals surface area contributed by atoms with Crippen molar-refractivity contribution in [1.82, 2.24) is 14.9 Å². The Hall–Kier alpha value is -0.260. The fourth-order valence-corrected chi connectivity index (χ4v) is 2.92. The minimum atomic E-state index is -5.24. The monoisotopic (exact) mass is 475 g/mol. The Morgan fingerprint density at radius 1 is 1.45 bits per heavy atom. The van der Waals surface area contributed by atoms with Gasteiger partial charge in [0.1, 0.15) is 17.9 Å². The average molecular weight is 475 g/mol. The second kappa shape index (κ2) is 14.1. The van der Waals surface area contributed by atoms with Gasteiger partial charge in [-0.15, -0.1) is 0 Å². The number of aromatic amines is 1. The molecule has 3 atom stereocenters. The van der Waals surface area contributed by atoms with E-state index in [2.05, 4.69) is 26.7 Å². The van der Waals surface area contributed by atoms with Crippen LogP contribution in [0.2, 0.25) is 0 Å². The summed E-state index contributed by atoms with van der Waals surface area (Å²) in [6.07, 6.45) is -1.33. The maximum absolute atomic E-state index is 12.1. The summed E-state index contributed by atoms with van der Waals surface area (Å²) in [5.41, 5.74) is -1.64. The zero-order valence-corrected chi connectivity index (χ0v) is 22.3. The molecule has 0 aliphatic carbocycles. The van der Waals surface area contributed by atoms with Crippen LogP contribution >= 0.6 is 7.82 Å². The van der Waals surface area contributed by atoms with E-state index >= 15 is 0 Å². The van der Waals surface area contributed by atoms with Crippen LogP contribution < -0.4 is 85.5 Å². The van der Waals surface area contributed by atoms with Gasteiger partial charge in [-0.25, -0.2) is 4.79 Å². The second-order valence-corrected chi connectivity index (χ2v) is 7.37. The van der Waals surface area contributed by atoms with Crippen molar-refractivity contribution < 1.29 is 92.6 Å². The predicted octanol–water partition coefficient (Wildman–Crippen LogP) is -8.69. The van der Waals surface area contributed by atoms with Crippen molar-refractivity contribution in [2.45, 2.75) is 44.6 Å². The van der Waals surface area contributed by atoms with Gasteiger partial charge in [0.15, 0.2) is 0 Å². The van der Waals surface area contributed by atoms with E-state index in [1.807, 2.05) is 6.92 Å². The van der Waals surface area contributed by atoms with Crippen molar-refractivity contribution in [3.05, 3.63) is 32.6 Å². The number of carbonyl (C=O) groups is 1. The van der Waals surface area contributed by atoms with Crippen LogP contribution in [0.4, 0.5) is 0 Å². The number of aliphatic hydroxyl groups is 1. The molecule has 0 saturated carbocycles. The third kappa shape index (κ3) is 10.0. The van der Waals surface area contributed by atoms with Gasteiger partial charge >= 0.3 is 64.8 Å². The SMILES string of the molecule is CCCC(=O)NCC#Cc1cn([C@H]2C[C@H](O)[C@@H](COP(=O)([O-])[O-])O2)c(=O)[nH]c1=O.[Na+].[Na+]. The summed E-state index contributed by atoms with van der Waals surface area (Å²) in [5.74, 6) is 4.96. The minimum Gasteiger partial charge on any atom is -0.790 e. The molecule has 0 aromatic carbocycles. The molecule has 15 heteroatoms. The smallest absolute Gasteiger partial charge is 0.790 e. The summed E-state index contributed by atoms with van der Waals surface area (Å²) in [6.45, 7) is 1.16. The molecule has 1 aliphatic rings. The number of nitrogens with zero attached hydrogens (tertiary/aromatic N) is 1. The normalized spacial score (nSPS) is 20.1. The molecule has 1 fully saturated rings. The predicted molar refractivity (Wildman–Crippen MR) is 94.2 cm³/mol. The molecule has 1 aliphatic heterocycles. The van der Waals surface area contributed by atoms with E-state index in [1.165, 1.54) is 0 Å². The summed E-state index contributed by atoms with van der Waals surface area (Å²) < 4.78 is 21.0. The summed E-state index contributed by atoms with van der Waals surface area (Å²) in [4.78, 5) is 58.5. The molecule has 3 N–H and O–H groups in total. The van der Waals surface area contributed by atoms with Crippen LogP contribution in [0.3, 0.4) is 0 Å². The number of hydrogen-bond donors (Lipinski definition) is 3. The molecule has 1 saturated heterocycles. The first-order valence-corrected chi connectivity index (χ1v) is 10.2. The maximum Gasteiger partial charge on any atom is 1.00 e. The van der Waals surface area contributed by atoms with Gasteiger partial charge in [-0.3, -0.25) is 19.1 Å². The van der Waals surface area contributed by atoms with Crippen LogP contribution in [0.15, 0.2) is 15.8 Å². The van der Waals surface area contributed by atoms with Gasteiger partial charge in [-0.2, -0.15) is 0 Å². The molecular formula is C16H20N3Na2O9P. The van der Waals surface area contributed by atoms with Gasteiger partial charge in [0.25, 0.3) is 5.56 Å². The molecule has 0 bridgehead atoms. The number of amides is 1. The van der Waals surface area contributed by atoms with Crippen molar-refractivity contribution in [1.29, 1.82) is 0 Å². The zero-order chi connectivity index (χ0) is 21.6. The Labute approximate surface area is 221 Å². The minimum absolute atomic E-state index is 0. The molecule has 1 aromatic rings. The van der Waals surface area contributed by atoms with Crippen molar-refractivity contribution in [2.24, 2.45) is 0 Å². The molecule has 2 rings (SSSR count). The first-order chi connectivity index (χ1) is 13.6. The molecule has 1 aromatic heterocycles. The van der Waals surface area contributed by atoms with Crippen molar-refractivity contribution in [3.8, 4) is 11.8 Å². The number of aliphatic hydroxyl groups excluding tert-OH is 1. The van der Waals surface area contributed by atoms with E-state index in [4.69, 9.17) is 4.74 Å². The fraction of sp³-hybridized carbons (Fsp3) is 0.562. The molecule has 2 heterocycles. The Balaban J connectivity index is 0.00000450. The standard InChI is InChI=1S/C16H22N3O9P.2Na/c1-2-4-13(21)17-6-3-5-10-8-19(16(23)18-15(10)22)14-7-11(20)12(28-14)9-27-29(24,25)26;;/h8,11-12,14,20H,2,4,6-7,9H2,1H3,(H,17,21)(H,18,22,23)(H2,24,25,26);;/q;2*+1/p-2/t11-,12+,14+;;/m0../s1. The number of ether oxygens (including phenoxy) is 1. The van der Waals surface area contributed by atoms with Crippen LogP contribution in [0.1, 0.15) is 38.0 Å². The van der Waals surface area contributed by atoms with Crippen molar-refractivity contribution in [2.75, 3.05) is 13.2 Å². The van der Waals surface area contributed by atoms with Gasteiger partial charge in [0, 0.05) is 19.0 Å². The Morgan fingerprint density at radius 3 is 2.74 bits per heavy atom. The summed E-state index contributed by atoms with van der Waals surface area (Å²) >= 11 is 0. The van der Waals surface area contributed by atoms with Crippen LogP contribution in [0, 0.1) is 11.8 Å². The largest absolute Gasteiger partial charge is 1.00 e. The van der Waals surface area contributed by atoms with E-state index in [0.717, 1.165) is 10.8 Å². The first kappa shape index (κ1) is 30.7. The molecule has 0 unspecified atom stereocenters. The van der Waals surface area contributed by atoms with E-state index in [1.54, 1.807) is 0 Å². The number of aromatic nitrogens is 2. The Kier molecular flexibility index (Phi) is 14.0. The first-order valence-electron chi connectivity index (χ1n) is 8.72. The maximum atomic E-state index is 12.1. The van der Waals surface area contributed by atoms with E-state index in [-0.39, 0.29) is 83.6 Å². The number of H-pyrrole nitrogens is 1. The molecule has 160 valence electrons. The van der Waals surface area contributed by atoms with Crippen LogP contribution in [-0.4, -0.2) is 45.9 Å².